The molecule has 1 fully saturated rings. The number of ether oxygens (including phenoxy) is 1. The summed E-state index contributed by atoms with van der Waals surface area (Å²) in [5, 5.41) is 0. The third-order valence-corrected chi connectivity index (χ3v) is 3.49. The lowest BCUT2D eigenvalue weighted by molar-refractivity contribution is 0.0599. The maximum atomic E-state index is 11.5. The van der Waals surface area contributed by atoms with Crippen molar-refractivity contribution in [2.24, 2.45) is 11.7 Å². The van der Waals surface area contributed by atoms with Gasteiger partial charge in [-0.1, -0.05) is 6.92 Å². The molecule has 0 aliphatic carbocycles. The van der Waals surface area contributed by atoms with E-state index in [1.807, 2.05) is 13.0 Å². The number of nitrogens with zero attached hydrogens (tertiary/aromatic N) is 2. The van der Waals surface area contributed by atoms with Crippen LogP contribution in [0, 0.1) is 12.8 Å². The van der Waals surface area contributed by atoms with E-state index in [0.717, 1.165) is 25.3 Å². The first-order valence-corrected chi connectivity index (χ1v) is 6.57. The number of nitrogens with two attached hydrogens (primary N) is 1. The van der Waals surface area contributed by atoms with Gasteiger partial charge in [0.05, 0.1) is 18.4 Å². The molecule has 2 rings (SSSR count). The smallest absolute Gasteiger partial charge is 0.339 e. The molecule has 0 saturated carbocycles. The zero-order chi connectivity index (χ0) is 14.0. The number of hydrogen-bond acceptors (Lipinski definition) is 5. The van der Waals surface area contributed by atoms with E-state index in [1.165, 1.54) is 7.11 Å². The van der Waals surface area contributed by atoms with Crippen LogP contribution in [0.25, 0.3) is 0 Å². The van der Waals surface area contributed by atoms with Crippen LogP contribution < -0.4 is 10.6 Å². The van der Waals surface area contributed by atoms with Crippen molar-refractivity contribution >= 4 is 11.8 Å². The Labute approximate surface area is 113 Å². The van der Waals surface area contributed by atoms with E-state index in [9.17, 15) is 4.79 Å². The predicted molar refractivity (Wildman–Crippen MR) is 74.3 cm³/mol. The number of aromatic nitrogens is 1. The number of hydrogen-bond donors (Lipinski definition) is 1. The first-order valence-electron chi connectivity index (χ1n) is 6.57. The van der Waals surface area contributed by atoms with Crippen LogP contribution in [0.15, 0.2) is 12.1 Å². The minimum absolute atomic E-state index is 0.186. The molecule has 0 spiro atoms. The molecule has 0 amide bonds. The topological polar surface area (TPSA) is 68.5 Å². The van der Waals surface area contributed by atoms with Crippen molar-refractivity contribution in [3.05, 3.63) is 23.4 Å². The van der Waals surface area contributed by atoms with Crippen LogP contribution in [0.4, 0.5) is 5.82 Å². The summed E-state index contributed by atoms with van der Waals surface area (Å²) < 4.78 is 4.72. The molecule has 104 valence electrons. The number of methoxy groups -OCH3 is 1. The van der Waals surface area contributed by atoms with E-state index in [0.29, 0.717) is 17.2 Å². The number of pyridine rings is 1. The molecule has 2 heterocycles. The Hall–Kier alpha value is -1.62. The van der Waals surface area contributed by atoms with Crippen LogP contribution in [0.5, 0.6) is 0 Å². The number of carbonyl (C=O) groups is 1. The zero-order valence-corrected chi connectivity index (χ0v) is 11.7. The van der Waals surface area contributed by atoms with Gasteiger partial charge in [-0.05, 0) is 31.4 Å². The van der Waals surface area contributed by atoms with Gasteiger partial charge >= 0.3 is 5.97 Å². The summed E-state index contributed by atoms with van der Waals surface area (Å²) in [5.41, 5.74) is 7.25. The second-order valence-electron chi connectivity index (χ2n) is 5.30. The lowest BCUT2D eigenvalue weighted by Gasteiger charge is -2.35. The Morgan fingerprint density at radius 1 is 1.47 bits per heavy atom. The van der Waals surface area contributed by atoms with Crippen molar-refractivity contribution in [1.82, 2.24) is 4.98 Å². The summed E-state index contributed by atoms with van der Waals surface area (Å²) in [6, 6.07) is 3.82. The summed E-state index contributed by atoms with van der Waals surface area (Å²) in [5.74, 6) is 1.10. The van der Waals surface area contributed by atoms with Crippen LogP contribution in [0.2, 0.25) is 0 Å². The van der Waals surface area contributed by atoms with E-state index in [-0.39, 0.29) is 12.0 Å². The fourth-order valence-corrected chi connectivity index (χ4v) is 2.64. The lowest BCUT2D eigenvalue weighted by Crippen LogP contribution is -2.46. The fourth-order valence-electron chi connectivity index (χ4n) is 2.64. The molecule has 0 aromatic carbocycles. The van der Waals surface area contributed by atoms with Gasteiger partial charge in [0.2, 0.25) is 0 Å². The average molecular weight is 263 g/mol. The fraction of sp³-hybridized carbons (Fsp3) is 0.571. The molecule has 0 radical (unpaired) electrons. The van der Waals surface area contributed by atoms with Crippen molar-refractivity contribution in [2.75, 3.05) is 25.1 Å². The maximum absolute atomic E-state index is 11.5. The molecule has 5 heteroatoms. The molecular formula is C14H21N3O2. The van der Waals surface area contributed by atoms with Crippen molar-refractivity contribution in [3.8, 4) is 0 Å². The molecule has 5 nitrogen and oxygen atoms in total. The second-order valence-corrected chi connectivity index (χ2v) is 5.30. The van der Waals surface area contributed by atoms with Gasteiger partial charge in [-0.25, -0.2) is 9.78 Å². The molecule has 2 atom stereocenters. The Bertz CT molecular complexity index is 466. The third-order valence-electron chi connectivity index (χ3n) is 3.49. The number of esters is 1. The van der Waals surface area contributed by atoms with Crippen LogP contribution in [-0.2, 0) is 4.74 Å². The van der Waals surface area contributed by atoms with E-state index < -0.39 is 0 Å². The number of anilines is 1. The van der Waals surface area contributed by atoms with E-state index in [4.69, 9.17) is 10.5 Å². The Morgan fingerprint density at radius 2 is 2.21 bits per heavy atom. The van der Waals surface area contributed by atoms with Gasteiger partial charge in [0.25, 0.3) is 0 Å². The van der Waals surface area contributed by atoms with Gasteiger partial charge < -0.3 is 15.4 Å². The van der Waals surface area contributed by atoms with Crippen molar-refractivity contribution in [2.45, 2.75) is 26.3 Å². The lowest BCUT2D eigenvalue weighted by atomic mass is 9.96. The standard InChI is InChI=1S/C14H21N3O2/c1-9-6-11(15)8-17(7-9)13-5-4-12(10(2)16-13)14(18)19-3/h4-5,9,11H,6-8,15H2,1-3H3. The number of aryl methyl sites for hydroxylation is 1. The van der Waals surface area contributed by atoms with Gasteiger partial charge in [-0.15, -0.1) is 0 Å². The van der Waals surface area contributed by atoms with Gasteiger partial charge in [0.1, 0.15) is 5.82 Å². The normalized spacial score (nSPS) is 23.3. The van der Waals surface area contributed by atoms with Gasteiger partial charge in [-0.2, -0.15) is 0 Å². The summed E-state index contributed by atoms with van der Waals surface area (Å²) in [4.78, 5) is 18.2. The molecule has 0 bridgehead atoms. The Morgan fingerprint density at radius 3 is 2.79 bits per heavy atom. The summed E-state index contributed by atoms with van der Waals surface area (Å²) in [6.07, 6.45) is 1.05. The Balaban J connectivity index is 2.22. The predicted octanol–water partition coefficient (Wildman–Crippen LogP) is 1.35. The number of piperidine rings is 1. The highest BCUT2D eigenvalue weighted by Gasteiger charge is 2.23. The molecule has 1 aromatic heterocycles. The Kier molecular flexibility index (Phi) is 4.04. The largest absolute Gasteiger partial charge is 0.465 e. The minimum atomic E-state index is -0.347. The first-order chi connectivity index (χ1) is 9.01. The molecule has 1 aliphatic heterocycles. The van der Waals surface area contributed by atoms with Gasteiger partial charge in [0, 0.05) is 19.1 Å². The van der Waals surface area contributed by atoms with Gasteiger partial charge in [0.15, 0.2) is 0 Å². The van der Waals surface area contributed by atoms with Crippen LogP contribution in [0.3, 0.4) is 0 Å². The van der Waals surface area contributed by atoms with Crippen LogP contribution in [-0.4, -0.2) is 37.2 Å². The quantitative estimate of drug-likeness (QED) is 0.816. The van der Waals surface area contributed by atoms with Crippen molar-refractivity contribution < 1.29 is 9.53 Å². The summed E-state index contributed by atoms with van der Waals surface area (Å²) in [7, 11) is 1.38. The first kappa shape index (κ1) is 13.8. The van der Waals surface area contributed by atoms with Crippen molar-refractivity contribution in [3.63, 3.8) is 0 Å². The molecule has 1 aliphatic rings. The summed E-state index contributed by atoms with van der Waals surface area (Å²) in [6.45, 7) is 5.79. The molecule has 1 aromatic rings. The molecule has 2 N–H and O–H groups in total. The number of rotatable bonds is 2. The average Bonchev–Trinajstić information content (AvgIpc) is 2.36. The highest BCUT2D eigenvalue weighted by Crippen LogP contribution is 2.22. The number of carbonyl (C=O) groups excluding carboxylic acids is 1. The van der Waals surface area contributed by atoms with Gasteiger partial charge in [-0.3, -0.25) is 0 Å². The van der Waals surface area contributed by atoms with Crippen LogP contribution >= 0.6 is 0 Å². The highest BCUT2D eigenvalue weighted by atomic mass is 16.5. The molecular weight excluding hydrogens is 242 g/mol. The second kappa shape index (κ2) is 5.57. The monoisotopic (exact) mass is 263 g/mol. The van der Waals surface area contributed by atoms with Crippen LogP contribution in [0.1, 0.15) is 29.4 Å². The summed E-state index contributed by atoms with van der Waals surface area (Å²) >= 11 is 0. The van der Waals surface area contributed by atoms with E-state index in [1.54, 1.807) is 6.07 Å². The van der Waals surface area contributed by atoms with Crippen molar-refractivity contribution in [1.29, 1.82) is 0 Å². The molecule has 2 unspecified atom stereocenters. The third kappa shape index (κ3) is 3.04. The SMILES string of the molecule is COC(=O)c1ccc(N2CC(C)CC(N)C2)nc1C. The molecule has 19 heavy (non-hydrogen) atoms. The zero-order valence-electron chi connectivity index (χ0n) is 11.7. The maximum Gasteiger partial charge on any atom is 0.339 e. The molecule has 1 saturated heterocycles. The van der Waals surface area contributed by atoms with E-state index >= 15 is 0 Å². The minimum Gasteiger partial charge on any atom is -0.465 e. The van der Waals surface area contributed by atoms with E-state index in [2.05, 4.69) is 16.8 Å². The highest BCUT2D eigenvalue weighted by molar-refractivity contribution is 5.90.